The number of fused-ring (bicyclic) bond motifs is 1. The van der Waals surface area contributed by atoms with Crippen molar-refractivity contribution in [1.82, 2.24) is 15.2 Å². The highest BCUT2D eigenvalue weighted by Gasteiger charge is 2.23. The van der Waals surface area contributed by atoms with E-state index in [1.165, 1.54) is 16.5 Å². The standard InChI is InChI=1S/C27H35N3O4/c1-17(2)25-21-15-19(18-9-12-30(13-10-18)14-11-28-27(31)32)5-7-22(21)29-26(25)20-6-8-23(33-3)24(16-20)34-4/h5-8,15-18,28-29H,9-14H2,1-4H3,(H,31,32). The molecule has 0 bridgehead atoms. The third-order valence-corrected chi connectivity index (χ3v) is 6.88. The topological polar surface area (TPSA) is 86.8 Å². The maximum absolute atomic E-state index is 10.7. The van der Waals surface area contributed by atoms with Gasteiger partial charge in [-0.25, -0.2) is 4.79 Å². The molecule has 7 heteroatoms. The van der Waals surface area contributed by atoms with Crippen molar-refractivity contribution in [3.8, 4) is 22.8 Å². The van der Waals surface area contributed by atoms with Crippen molar-refractivity contribution in [3.63, 3.8) is 0 Å². The highest BCUT2D eigenvalue weighted by Crippen LogP contribution is 2.40. The molecule has 1 amide bonds. The third kappa shape index (κ3) is 4.99. The van der Waals surface area contributed by atoms with Crippen LogP contribution in [0.2, 0.25) is 0 Å². The van der Waals surface area contributed by atoms with Crippen molar-refractivity contribution in [2.24, 2.45) is 0 Å². The van der Waals surface area contributed by atoms with Gasteiger partial charge < -0.3 is 29.8 Å². The van der Waals surface area contributed by atoms with Crippen LogP contribution in [0.25, 0.3) is 22.2 Å². The van der Waals surface area contributed by atoms with Crippen LogP contribution >= 0.6 is 0 Å². The predicted octanol–water partition coefficient (Wildman–Crippen LogP) is 5.42. The molecule has 0 spiro atoms. The second kappa shape index (κ2) is 10.4. The van der Waals surface area contributed by atoms with E-state index >= 15 is 0 Å². The van der Waals surface area contributed by atoms with Crippen LogP contribution in [-0.4, -0.2) is 61.5 Å². The monoisotopic (exact) mass is 465 g/mol. The summed E-state index contributed by atoms with van der Waals surface area (Å²) in [6.45, 7) is 7.70. The minimum atomic E-state index is -0.955. The molecular weight excluding hydrogens is 430 g/mol. The first-order valence-electron chi connectivity index (χ1n) is 12.0. The Hall–Kier alpha value is -3.19. The van der Waals surface area contributed by atoms with E-state index in [1.54, 1.807) is 14.2 Å². The highest BCUT2D eigenvalue weighted by atomic mass is 16.5. The number of carbonyl (C=O) groups is 1. The van der Waals surface area contributed by atoms with E-state index in [4.69, 9.17) is 14.6 Å². The molecule has 182 valence electrons. The second-order valence-corrected chi connectivity index (χ2v) is 9.29. The minimum Gasteiger partial charge on any atom is -0.493 e. The van der Waals surface area contributed by atoms with Gasteiger partial charge in [-0.3, -0.25) is 0 Å². The van der Waals surface area contributed by atoms with Gasteiger partial charge in [0.25, 0.3) is 0 Å². The van der Waals surface area contributed by atoms with Gasteiger partial charge in [-0.15, -0.1) is 0 Å². The summed E-state index contributed by atoms with van der Waals surface area (Å²) in [7, 11) is 3.31. The molecule has 1 aliphatic heterocycles. The van der Waals surface area contributed by atoms with E-state index in [0.29, 0.717) is 18.4 Å². The number of ether oxygens (including phenoxy) is 2. The third-order valence-electron chi connectivity index (χ3n) is 6.88. The fourth-order valence-electron chi connectivity index (χ4n) is 5.11. The van der Waals surface area contributed by atoms with E-state index in [1.807, 2.05) is 12.1 Å². The molecule has 4 rings (SSSR count). The number of benzene rings is 2. The number of nitrogens with zero attached hydrogens (tertiary/aromatic N) is 1. The molecule has 2 aromatic carbocycles. The lowest BCUT2D eigenvalue weighted by Crippen LogP contribution is -2.38. The molecule has 1 aliphatic rings. The Kier molecular flexibility index (Phi) is 7.32. The lowest BCUT2D eigenvalue weighted by molar-refractivity contribution is 0.185. The molecule has 1 saturated heterocycles. The number of carboxylic acid groups (broad SMARTS) is 1. The van der Waals surface area contributed by atoms with Crippen molar-refractivity contribution in [2.75, 3.05) is 40.4 Å². The lowest BCUT2D eigenvalue weighted by Gasteiger charge is -2.32. The van der Waals surface area contributed by atoms with Crippen molar-refractivity contribution in [3.05, 3.63) is 47.5 Å². The number of hydrogen-bond acceptors (Lipinski definition) is 4. The first-order valence-corrected chi connectivity index (χ1v) is 12.0. The largest absolute Gasteiger partial charge is 0.493 e. The average molecular weight is 466 g/mol. The summed E-state index contributed by atoms with van der Waals surface area (Å²) in [6.07, 6.45) is 1.22. The van der Waals surface area contributed by atoms with Gasteiger partial charge in [0.1, 0.15) is 0 Å². The van der Waals surface area contributed by atoms with Crippen LogP contribution < -0.4 is 14.8 Å². The predicted molar refractivity (Wildman–Crippen MR) is 135 cm³/mol. The number of amides is 1. The van der Waals surface area contributed by atoms with Gasteiger partial charge in [-0.1, -0.05) is 19.9 Å². The van der Waals surface area contributed by atoms with E-state index in [2.05, 4.69) is 53.3 Å². The van der Waals surface area contributed by atoms with Gasteiger partial charge in [-0.2, -0.15) is 0 Å². The Morgan fingerprint density at radius 3 is 2.50 bits per heavy atom. The summed E-state index contributed by atoms with van der Waals surface area (Å²) in [5.41, 5.74) is 6.07. The molecule has 7 nitrogen and oxygen atoms in total. The Morgan fingerprint density at radius 1 is 1.12 bits per heavy atom. The SMILES string of the molecule is COc1ccc(-c2[nH]c3ccc(C4CCN(CCNC(=O)O)CC4)cc3c2C(C)C)cc1OC. The summed E-state index contributed by atoms with van der Waals surface area (Å²) < 4.78 is 11.0. The molecule has 0 radical (unpaired) electrons. The fourth-order valence-corrected chi connectivity index (χ4v) is 5.11. The molecule has 3 N–H and O–H groups in total. The molecule has 1 fully saturated rings. The minimum absolute atomic E-state index is 0.357. The summed E-state index contributed by atoms with van der Waals surface area (Å²) in [4.78, 5) is 16.7. The van der Waals surface area contributed by atoms with Gasteiger partial charge in [0.05, 0.1) is 19.9 Å². The number of nitrogens with one attached hydrogen (secondary N) is 2. The van der Waals surface area contributed by atoms with Crippen molar-refractivity contribution in [1.29, 1.82) is 0 Å². The number of aromatic amines is 1. The zero-order valence-electron chi connectivity index (χ0n) is 20.5. The maximum atomic E-state index is 10.7. The summed E-state index contributed by atoms with van der Waals surface area (Å²) in [5.74, 6) is 2.32. The molecule has 0 aliphatic carbocycles. The molecule has 2 heterocycles. The number of hydrogen-bond donors (Lipinski definition) is 3. The van der Waals surface area contributed by atoms with E-state index in [9.17, 15) is 4.79 Å². The zero-order valence-corrected chi connectivity index (χ0v) is 20.5. The molecule has 0 unspecified atom stereocenters. The number of methoxy groups -OCH3 is 2. The highest BCUT2D eigenvalue weighted by molar-refractivity contribution is 5.92. The fraction of sp³-hybridized carbons (Fsp3) is 0.444. The number of piperidine rings is 1. The van der Waals surface area contributed by atoms with Crippen molar-refractivity contribution in [2.45, 2.75) is 38.5 Å². The Bertz CT molecular complexity index is 1150. The van der Waals surface area contributed by atoms with Crippen LogP contribution in [0.5, 0.6) is 11.5 Å². The summed E-state index contributed by atoms with van der Waals surface area (Å²) in [6, 6.07) is 12.9. The smallest absolute Gasteiger partial charge is 0.404 e. The quantitative estimate of drug-likeness (QED) is 0.413. The summed E-state index contributed by atoms with van der Waals surface area (Å²) >= 11 is 0. The van der Waals surface area contributed by atoms with Crippen molar-refractivity contribution < 1.29 is 19.4 Å². The van der Waals surface area contributed by atoms with Gasteiger partial charge in [0.2, 0.25) is 0 Å². The summed E-state index contributed by atoms with van der Waals surface area (Å²) in [5, 5.41) is 12.5. The van der Waals surface area contributed by atoms with Crippen LogP contribution in [0.15, 0.2) is 36.4 Å². The van der Waals surface area contributed by atoms with Gasteiger partial charge in [0.15, 0.2) is 11.5 Å². The first kappa shape index (κ1) is 24.0. The van der Waals surface area contributed by atoms with Crippen LogP contribution in [0.4, 0.5) is 4.79 Å². The molecule has 0 atom stereocenters. The second-order valence-electron chi connectivity index (χ2n) is 9.29. The van der Waals surface area contributed by atoms with E-state index < -0.39 is 6.09 Å². The van der Waals surface area contributed by atoms with Crippen LogP contribution in [-0.2, 0) is 0 Å². The molecule has 34 heavy (non-hydrogen) atoms. The van der Waals surface area contributed by atoms with Crippen LogP contribution in [0.3, 0.4) is 0 Å². The van der Waals surface area contributed by atoms with Crippen LogP contribution in [0.1, 0.15) is 49.7 Å². The Balaban J connectivity index is 1.59. The number of rotatable bonds is 8. The van der Waals surface area contributed by atoms with E-state index in [-0.39, 0.29) is 0 Å². The Labute approximate surface area is 201 Å². The number of aromatic nitrogens is 1. The van der Waals surface area contributed by atoms with E-state index in [0.717, 1.165) is 60.7 Å². The number of H-pyrrole nitrogens is 1. The van der Waals surface area contributed by atoms with Gasteiger partial charge in [-0.05, 0) is 79.2 Å². The molecule has 3 aromatic rings. The average Bonchev–Trinajstić information content (AvgIpc) is 3.23. The first-order chi connectivity index (χ1) is 16.4. The molecule has 0 saturated carbocycles. The lowest BCUT2D eigenvalue weighted by atomic mass is 9.87. The molecular formula is C27H35N3O4. The number of likely N-dealkylation sites (tertiary alicyclic amines) is 1. The van der Waals surface area contributed by atoms with Crippen LogP contribution in [0, 0.1) is 0 Å². The maximum Gasteiger partial charge on any atom is 0.404 e. The molecule has 1 aromatic heterocycles. The normalized spacial score (nSPS) is 15.1. The zero-order chi connectivity index (χ0) is 24.2. The van der Waals surface area contributed by atoms with Crippen molar-refractivity contribution >= 4 is 17.0 Å². The van der Waals surface area contributed by atoms with Gasteiger partial charge in [0, 0.05) is 29.6 Å². The Morgan fingerprint density at radius 2 is 1.85 bits per heavy atom. The van der Waals surface area contributed by atoms with Gasteiger partial charge >= 0.3 is 6.09 Å².